The van der Waals surface area contributed by atoms with Gasteiger partial charge in [-0.3, -0.25) is 9.69 Å². The van der Waals surface area contributed by atoms with Gasteiger partial charge in [-0.05, 0) is 61.0 Å². The molecule has 2 aliphatic heterocycles. The summed E-state index contributed by atoms with van der Waals surface area (Å²) < 4.78 is 11.4. The molecule has 0 aliphatic carbocycles. The standard InChI is InChI=1S/C31H40N2O3S/c1-3-4-5-6-7-8-9-10-11-12-19-33-30(34)29(37-31(33)32-26-16-13-24(2)14-17-26)23-25-15-18-27-28(22-25)36-21-20-35-27/h13-18,22-23H,3-12,19-21H2,1-2H3. The molecular formula is C31H40N2O3S. The third kappa shape index (κ3) is 8.13. The van der Waals surface area contributed by atoms with Crippen LogP contribution >= 0.6 is 11.8 Å². The molecule has 2 aromatic carbocycles. The summed E-state index contributed by atoms with van der Waals surface area (Å²) in [6, 6.07) is 13.9. The van der Waals surface area contributed by atoms with Crippen molar-refractivity contribution in [3.8, 4) is 11.5 Å². The number of amidine groups is 1. The van der Waals surface area contributed by atoms with Gasteiger partial charge in [0.2, 0.25) is 0 Å². The number of rotatable bonds is 13. The highest BCUT2D eigenvalue weighted by Gasteiger charge is 2.33. The van der Waals surface area contributed by atoms with Gasteiger partial charge in [-0.25, -0.2) is 4.99 Å². The van der Waals surface area contributed by atoms with Gasteiger partial charge in [0, 0.05) is 6.54 Å². The molecule has 37 heavy (non-hydrogen) atoms. The SMILES string of the molecule is CCCCCCCCCCCCN1C(=O)C(=Cc2ccc3c(c2)OCCO3)SC1=Nc1ccc(C)cc1. The first-order chi connectivity index (χ1) is 18.1. The molecule has 2 aromatic rings. The first-order valence-electron chi connectivity index (χ1n) is 13.9. The average Bonchev–Trinajstić information content (AvgIpc) is 3.19. The van der Waals surface area contributed by atoms with E-state index in [-0.39, 0.29) is 5.91 Å². The zero-order valence-electron chi connectivity index (χ0n) is 22.3. The highest BCUT2D eigenvalue weighted by Crippen LogP contribution is 2.36. The minimum atomic E-state index is 0.0293. The van der Waals surface area contributed by atoms with E-state index in [0.717, 1.165) is 40.8 Å². The van der Waals surface area contributed by atoms with Gasteiger partial charge < -0.3 is 9.47 Å². The van der Waals surface area contributed by atoms with E-state index in [2.05, 4.69) is 26.0 Å². The molecule has 0 N–H and O–H groups in total. The van der Waals surface area contributed by atoms with Crippen LogP contribution in [0.5, 0.6) is 11.5 Å². The minimum absolute atomic E-state index is 0.0293. The summed E-state index contributed by atoms with van der Waals surface area (Å²) in [4.78, 5) is 20.9. The maximum Gasteiger partial charge on any atom is 0.266 e. The number of aliphatic imine (C=N–C) groups is 1. The molecule has 4 rings (SSSR count). The number of ether oxygens (including phenoxy) is 2. The van der Waals surface area contributed by atoms with Crippen molar-refractivity contribution in [2.24, 2.45) is 4.99 Å². The Morgan fingerprint density at radius 1 is 0.865 bits per heavy atom. The van der Waals surface area contributed by atoms with Crippen molar-refractivity contribution >= 4 is 34.6 Å². The van der Waals surface area contributed by atoms with Crippen LogP contribution in [0.3, 0.4) is 0 Å². The first kappa shape index (κ1) is 27.3. The molecule has 2 heterocycles. The number of hydrogen-bond donors (Lipinski definition) is 0. The maximum atomic E-state index is 13.4. The molecule has 0 atom stereocenters. The lowest BCUT2D eigenvalue weighted by molar-refractivity contribution is -0.122. The van der Waals surface area contributed by atoms with Crippen LogP contribution in [0.4, 0.5) is 5.69 Å². The van der Waals surface area contributed by atoms with E-state index in [1.165, 1.54) is 68.7 Å². The van der Waals surface area contributed by atoms with E-state index >= 15 is 0 Å². The van der Waals surface area contributed by atoms with Crippen LogP contribution in [-0.4, -0.2) is 35.7 Å². The highest BCUT2D eigenvalue weighted by molar-refractivity contribution is 8.18. The second kappa shape index (κ2) is 14.3. The molecular weight excluding hydrogens is 480 g/mol. The van der Waals surface area contributed by atoms with Crippen molar-refractivity contribution in [2.45, 2.75) is 78.1 Å². The number of carbonyl (C=O) groups excluding carboxylic acids is 1. The summed E-state index contributed by atoms with van der Waals surface area (Å²) in [5.41, 5.74) is 2.99. The Morgan fingerprint density at radius 2 is 1.51 bits per heavy atom. The van der Waals surface area contributed by atoms with Gasteiger partial charge in [-0.2, -0.15) is 0 Å². The number of fused-ring (bicyclic) bond motifs is 1. The molecule has 2 aliphatic rings. The molecule has 198 valence electrons. The van der Waals surface area contributed by atoms with E-state index in [9.17, 15) is 4.79 Å². The van der Waals surface area contributed by atoms with Gasteiger partial charge in [-0.15, -0.1) is 0 Å². The maximum absolute atomic E-state index is 13.4. The van der Waals surface area contributed by atoms with E-state index in [4.69, 9.17) is 14.5 Å². The van der Waals surface area contributed by atoms with Crippen molar-refractivity contribution in [1.29, 1.82) is 0 Å². The third-order valence-electron chi connectivity index (χ3n) is 6.75. The normalized spacial score (nSPS) is 17.2. The summed E-state index contributed by atoms with van der Waals surface area (Å²) in [6.45, 7) is 6.13. The van der Waals surface area contributed by atoms with Crippen LogP contribution in [0.2, 0.25) is 0 Å². The van der Waals surface area contributed by atoms with Crippen molar-refractivity contribution in [2.75, 3.05) is 19.8 Å². The summed E-state index contributed by atoms with van der Waals surface area (Å²) >= 11 is 1.45. The second-order valence-electron chi connectivity index (χ2n) is 9.88. The largest absolute Gasteiger partial charge is 0.486 e. The summed E-state index contributed by atoms with van der Waals surface area (Å²) in [6.07, 6.45) is 14.7. The van der Waals surface area contributed by atoms with Crippen LogP contribution in [0, 0.1) is 6.92 Å². The summed E-state index contributed by atoms with van der Waals surface area (Å²) in [7, 11) is 0. The minimum Gasteiger partial charge on any atom is -0.486 e. The molecule has 1 saturated heterocycles. The molecule has 0 bridgehead atoms. The Bertz CT molecular complexity index is 1090. The molecule has 0 unspecified atom stereocenters. The predicted molar refractivity (Wildman–Crippen MR) is 155 cm³/mol. The summed E-state index contributed by atoms with van der Waals surface area (Å²) in [5.74, 6) is 1.51. The summed E-state index contributed by atoms with van der Waals surface area (Å²) in [5, 5.41) is 0.758. The van der Waals surface area contributed by atoms with Gasteiger partial charge in [0.1, 0.15) is 13.2 Å². The van der Waals surface area contributed by atoms with E-state index in [1.54, 1.807) is 0 Å². The fourth-order valence-corrected chi connectivity index (χ4v) is 5.60. The fourth-order valence-electron chi connectivity index (χ4n) is 4.58. The van der Waals surface area contributed by atoms with Crippen molar-refractivity contribution in [1.82, 2.24) is 4.90 Å². The quantitative estimate of drug-likeness (QED) is 0.197. The fraction of sp³-hybridized carbons (Fsp3) is 0.484. The van der Waals surface area contributed by atoms with Crippen LogP contribution in [-0.2, 0) is 4.79 Å². The molecule has 6 heteroatoms. The molecule has 5 nitrogen and oxygen atoms in total. The average molecular weight is 521 g/mol. The van der Waals surface area contributed by atoms with Crippen LogP contribution in [0.25, 0.3) is 6.08 Å². The second-order valence-corrected chi connectivity index (χ2v) is 10.9. The number of nitrogens with zero attached hydrogens (tertiary/aromatic N) is 2. The molecule has 0 radical (unpaired) electrons. The number of benzene rings is 2. The molecule has 1 amide bonds. The van der Waals surface area contributed by atoms with Gasteiger partial charge in [-0.1, -0.05) is 88.5 Å². The molecule has 0 saturated carbocycles. The van der Waals surface area contributed by atoms with Gasteiger partial charge in [0.25, 0.3) is 5.91 Å². The number of thioether (sulfide) groups is 1. The van der Waals surface area contributed by atoms with Crippen molar-refractivity contribution < 1.29 is 14.3 Å². The van der Waals surface area contributed by atoms with E-state index in [1.807, 2.05) is 41.3 Å². The van der Waals surface area contributed by atoms with Crippen LogP contribution in [0.1, 0.15) is 82.3 Å². The van der Waals surface area contributed by atoms with Crippen LogP contribution in [0.15, 0.2) is 52.4 Å². The van der Waals surface area contributed by atoms with Gasteiger partial charge in [0.15, 0.2) is 16.7 Å². The monoisotopic (exact) mass is 520 g/mol. The highest BCUT2D eigenvalue weighted by atomic mass is 32.2. The van der Waals surface area contributed by atoms with Crippen LogP contribution < -0.4 is 9.47 Å². The lowest BCUT2D eigenvalue weighted by atomic mass is 10.1. The Hall–Kier alpha value is -2.73. The number of unbranched alkanes of at least 4 members (excludes halogenated alkanes) is 9. The van der Waals surface area contributed by atoms with Crippen molar-refractivity contribution in [3.05, 3.63) is 58.5 Å². The smallest absolute Gasteiger partial charge is 0.266 e. The Kier molecular flexibility index (Phi) is 10.5. The number of amides is 1. The zero-order valence-corrected chi connectivity index (χ0v) is 23.2. The number of hydrogen-bond acceptors (Lipinski definition) is 5. The first-order valence-corrected chi connectivity index (χ1v) is 14.7. The predicted octanol–water partition coefficient (Wildman–Crippen LogP) is 8.29. The Morgan fingerprint density at radius 3 is 2.22 bits per heavy atom. The zero-order chi connectivity index (χ0) is 25.9. The third-order valence-corrected chi connectivity index (χ3v) is 7.75. The van der Waals surface area contributed by atoms with E-state index in [0.29, 0.717) is 24.7 Å². The lowest BCUT2D eigenvalue weighted by Gasteiger charge is -2.18. The number of carbonyl (C=O) groups is 1. The lowest BCUT2D eigenvalue weighted by Crippen LogP contribution is -2.30. The molecule has 0 spiro atoms. The van der Waals surface area contributed by atoms with Gasteiger partial charge in [0.05, 0.1) is 10.6 Å². The van der Waals surface area contributed by atoms with Gasteiger partial charge >= 0.3 is 0 Å². The Balaban J connectivity index is 1.38. The Labute approximate surface area is 226 Å². The molecule has 0 aromatic heterocycles. The van der Waals surface area contributed by atoms with Crippen molar-refractivity contribution in [3.63, 3.8) is 0 Å². The molecule has 1 fully saturated rings. The van der Waals surface area contributed by atoms with E-state index < -0.39 is 0 Å². The topological polar surface area (TPSA) is 51.1 Å². The number of aryl methyl sites for hydroxylation is 1.